The number of carbonyl (C=O) groups excluding carboxylic acids is 1. The summed E-state index contributed by atoms with van der Waals surface area (Å²) in [6.45, 7) is 5.32. The van der Waals surface area contributed by atoms with Gasteiger partial charge in [0.05, 0.1) is 5.56 Å². The number of rotatable bonds is 5. The third-order valence-corrected chi connectivity index (χ3v) is 5.16. The van der Waals surface area contributed by atoms with Crippen molar-refractivity contribution in [3.63, 3.8) is 0 Å². The molecular weight excluding hydrogens is 367 g/mol. The lowest BCUT2D eigenvalue weighted by molar-refractivity contribution is -0.137. The van der Waals surface area contributed by atoms with E-state index in [1.165, 1.54) is 17.2 Å². The Bertz CT molecular complexity index is 834. The molecule has 1 amide bonds. The van der Waals surface area contributed by atoms with Crippen LogP contribution >= 0.6 is 0 Å². The summed E-state index contributed by atoms with van der Waals surface area (Å²) in [7, 11) is 0. The SMILES string of the molecule is Cc1ccc(CCC(=O)NC2CCN(c3ccc(C(F)(F)F)cn3)C2)cc1C. The highest BCUT2D eigenvalue weighted by Gasteiger charge is 2.31. The van der Waals surface area contributed by atoms with E-state index in [2.05, 4.69) is 36.3 Å². The van der Waals surface area contributed by atoms with Crippen molar-refractivity contribution in [1.29, 1.82) is 0 Å². The van der Waals surface area contributed by atoms with E-state index in [4.69, 9.17) is 0 Å². The fourth-order valence-corrected chi connectivity index (χ4v) is 3.34. The van der Waals surface area contributed by atoms with E-state index in [0.717, 1.165) is 24.2 Å². The molecule has 1 aliphatic rings. The van der Waals surface area contributed by atoms with Crippen LogP contribution < -0.4 is 10.2 Å². The van der Waals surface area contributed by atoms with E-state index < -0.39 is 11.7 Å². The molecule has 150 valence electrons. The van der Waals surface area contributed by atoms with E-state index >= 15 is 0 Å². The first-order chi connectivity index (χ1) is 13.2. The minimum atomic E-state index is -4.39. The van der Waals surface area contributed by atoms with E-state index in [1.54, 1.807) is 0 Å². The average Bonchev–Trinajstić information content (AvgIpc) is 3.10. The second kappa shape index (κ2) is 8.20. The number of nitrogens with zero attached hydrogens (tertiary/aromatic N) is 2. The monoisotopic (exact) mass is 391 g/mol. The molecule has 2 aromatic rings. The second-order valence-electron chi connectivity index (χ2n) is 7.32. The predicted octanol–water partition coefficient (Wildman–Crippen LogP) is 4.04. The van der Waals surface area contributed by atoms with Crippen molar-refractivity contribution in [1.82, 2.24) is 10.3 Å². The van der Waals surface area contributed by atoms with Gasteiger partial charge in [-0.1, -0.05) is 18.2 Å². The van der Waals surface area contributed by atoms with E-state index in [0.29, 0.717) is 31.7 Å². The van der Waals surface area contributed by atoms with E-state index in [-0.39, 0.29) is 11.9 Å². The highest BCUT2D eigenvalue weighted by molar-refractivity contribution is 5.76. The standard InChI is InChI=1S/C21H24F3N3O/c1-14-3-4-16(11-15(14)2)5-8-20(28)26-18-9-10-27(13-18)19-7-6-17(12-25-19)21(22,23)24/h3-4,6-7,11-12,18H,5,8-10,13H2,1-2H3,(H,26,28). The number of aromatic nitrogens is 1. The summed E-state index contributed by atoms with van der Waals surface area (Å²) >= 11 is 0. The van der Waals surface area contributed by atoms with Crippen molar-refractivity contribution in [2.75, 3.05) is 18.0 Å². The van der Waals surface area contributed by atoms with Gasteiger partial charge in [-0.15, -0.1) is 0 Å². The maximum atomic E-state index is 12.6. The van der Waals surface area contributed by atoms with Crippen molar-refractivity contribution in [3.8, 4) is 0 Å². The van der Waals surface area contributed by atoms with Crippen molar-refractivity contribution in [2.45, 2.75) is 45.3 Å². The fraction of sp³-hybridized carbons (Fsp3) is 0.429. The first-order valence-electron chi connectivity index (χ1n) is 9.36. The van der Waals surface area contributed by atoms with Gasteiger partial charge in [-0.05, 0) is 55.5 Å². The largest absolute Gasteiger partial charge is 0.417 e. The number of hydrogen-bond acceptors (Lipinski definition) is 3. The van der Waals surface area contributed by atoms with Crippen molar-refractivity contribution in [3.05, 3.63) is 58.8 Å². The van der Waals surface area contributed by atoms with Gasteiger partial charge >= 0.3 is 6.18 Å². The van der Waals surface area contributed by atoms with E-state index in [1.807, 2.05) is 11.0 Å². The Kier molecular flexibility index (Phi) is 5.91. The molecule has 0 spiro atoms. The Hall–Kier alpha value is -2.57. The number of alkyl halides is 3. The molecule has 2 heterocycles. The van der Waals surface area contributed by atoms with Gasteiger partial charge < -0.3 is 10.2 Å². The van der Waals surface area contributed by atoms with Crippen molar-refractivity contribution < 1.29 is 18.0 Å². The molecule has 1 fully saturated rings. The number of benzene rings is 1. The van der Waals surface area contributed by atoms with Crippen LogP contribution in [0.25, 0.3) is 0 Å². The molecule has 28 heavy (non-hydrogen) atoms. The number of anilines is 1. The average molecular weight is 391 g/mol. The first-order valence-corrected chi connectivity index (χ1v) is 9.36. The van der Waals surface area contributed by atoms with Crippen molar-refractivity contribution >= 4 is 11.7 Å². The van der Waals surface area contributed by atoms with Gasteiger partial charge in [-0.2, -0.15) is 13.2 Å². The van der Waals surface area contributed by atoms with Gasteiger partial charge in [-0.25, -0.2) is 4.98 Å². The molecule has 1 aliphatic heterocycles. The highest BCUT2D eigenvalue weighted by Crippen LogP contribution is 2.29. The molecular formula is C21H24F3N3O. The fourth-order valence-electron chi connectivity index (χ4n) is 3.34. The van der Waals surface area contributed by atoms with Crippen LogP contribution in [0.3, 0.4) is 0 Å². The summed E-state index contributed by atoms with van der Waals surface area (Å²) in [5, 5.41) is 3.02. The lowest BCUT2D eigenvalue weighted by atomic mass is 10.0. The Morgan fingerprint density at radius 2 is 2.00 bits per heavy atom. The number of aryl methyl sites for hydroxylation is 3. The molecule has 0 bridgehead atoms. The van der Waals surface area contributed by atoms with Gasteiger partial charge in [0.2, 0.25) is 5.91 Å². The number of nitrogens with one attached hydrogen (secondary N) is 1. The second-order valence-corrected chi connectivity index (χ2v) is 7.32. The zero-order valence-electron chi connectivity index (χ0n) is 16.0. The molecule has 4 nitrogen and oxygen atoms in total. The lowest BCUT2D eigenvalue weighted by Crippen LogP contribution is -2.37. The summed E-state index contributed by atoms with van der Waals surface area (Å²) < 4.78 is 37.9. The molecule has 3 rings (SSSR count). The number of carbonyl (C=O) groups is 1. The predicted molar refractivity (Wildman–Crippen MR) is 102 cm³/mol. The van der Waals surface area contributed by atoms with Gasteiger partial charge in [0.15, 0.2) is 0 Å². The molecule has 1 N–H and O–H groups in total. The molecule has 1 saturated heterocycles. The molecule has 0 radical (unpaired) electrons. The van der Waals surface area contributed by atoms with Gasteiger partial charge in [0.1, 0.15) is 5.82 Å². The minimum absolute atomic E-state index is 0.00884. The number of halogens is 3. The van der Waals surface area contributed by atoms with Crippen LogP contribution in [-0.4, -0.2) is 30.0 Å². The number of pyridine rings is 1. The zero-order chi connectivity index (χ0) is 20.3. The summed E-state index contributed by atoms with van der Waals surface area (Å²) in [4.78, 5) is 18.1. The van der Waals surface area contributed by atoms with Crippen LogP contribution in [0.1, 0.15) is 35.1 Å². The number of hydrogen-bond donors (Lipinski definition) is 1. The first kappa shape index (κ1) is 20.2. The third kappa shape index (κ3) is 5.03. The van der Waals surface area contributed by atoms with Gasteiger partial charge in [0, 0.05) is 31.7 Å². The van der Waals surface area contributed by atoms with Crippen LogP contribution in [0.15, 0.2) is 36.5 Å². The Morgan fingerprint density at radius 1 is 1.21 bits per heavy atom. The summed E-state index contributed by atoms with van der Waals surface area (Å²) in [6.07, 6.45) is -1.69. The summed E-state index contributed by atoms with van der Waals surface area (Å²) in [6, 6.07) is 8.62. The van der Waals surface area contributed by atoms with Crippen molar-refractivity contribution in [2.24, 2.45) is 0 Å². The Balaban J connectivity index is 1.48. The zero-order valence-corrected chi connectivity index (χ0v) is 16.0. The Morgan fingerprint density at radius 3 is 2.64 bits per heavy atom. The lowest BCUT2D eigenvalue weighted by Gasteiger charge is -2.18. The highest BCUT2D eigenvalue weighted by atomic mass is 19.4. The van der Waals surface area contributed by atoms with Gasteiger partial charge in [-0.3, -0.25) is 4.79 Å². The normalized spacial score (nSPS) is 17.0. The van der Waals surface area contributed by atoms with Crippen LogP contribution in [0.5, 0.6) is 0 Å². The minimum Gasteiger partial charge on any atom is -0.354 e. The quantitative estimate of drug-likeness (QED) is 0.837. The third-order valence-electron chi connectivity index (χ3n) is 5.16. The van der Waals surface area contributed by atoms with Crippen LogP contribution in [0, 0.1) is 13.8 Å². The molecule has 1 aromatic carbocycles. The maximum Gasteiger partial charge on any atom is 0.417 e. The number of amides is 1. The molecule has 0 saturated carbocycles. The molecule has 1 atom stereocenters. The summed E-state index contributed by atoms with van der Waals surface area (Å²) in [5.41, 5.74) is 2.83. The smallest absolute Gasteiger partial charge is 0.354 e. The molecule has 0 aliphatic carbocycles. The Labute approximate surface area is 162 Å². The molecule has 1 unspecified atom stereocenters. The topological polar surface area (TPSA) is 45.2 Å². The van der Waals surface area contributed by atoms with Crippen LogP contribution in [0.4, 0.5) is 19.0 Å². The molecule has 7 heteroatoms. The van der Waals surface area contributed by atoms with Crippen LogP contribution in [-0.2, 0) is 17.4 Å². The van der Waals surface area contributed by atoms with Gasteiger partial charge in [0.25, 0.3) is 0 Å². The maximum absolute atomic E-state index is 12.6. The van der Waals surface area contributed by atoms with E-state index in [9.17, 15) is 18.0 Å². The molecule has 1 aromatic heterocycles. The summed E-state index contributed by atoms with van der Waals surface area (Å²) in [5.74, 6) is 0.491. The van der Waals surface area contributed by atoms with Crippen LogP contribution in [0.2, 0.25) is 0 Å².